The molecule has 0 aromatic carbocycles. The number of ether oxygens (including phenoxy) is 4. The van der Waals surface area contributed by atoms with Crippen LogP contribution in [0.1, 0.15) is 13.8 Å². The molecule has 9 heteroatoms. The van der Waals surface area contributed by atoms with E-state index in [0.717, 1.165) is 21.3 Å². The molecule has 0 bridgehead atoms. The Morgan fingerprint density at radius 2 is 1.39 bits per heavy atom. The summed E-state index contributed by atoms with van der Waals surface area (Å²) in [4.78, 5) is 47.3. The van der Waals surface area contributed by atoms with Crippen LogP contribution in [-0.2, 0) is 38.1 Å². The van der Waals surface area contributed by atoms with Gasteiger partial charge in [-0.05, 0) is 6.92 Å². The zero-order chi connectivity index (χ0) is 18.0. The van der Waals surface area contributed by atoms with Gasteiger partial charge in [-0.15, -0.1) is 0 Å². The lowest BCUT2D eigenvalue weighted by molar-refractivity contribution is -0.163. The van der Waals surface area contributed by atoms with Gasteiger partial charge in [-0.3, -0.25) is 14.4 Å². The molecule has 0 heterocycles. The van der Waals surface area contributed by atoms with Crippen molar-refractivity contribution in [1.82, 2.24) is 5.32 Å². The van der Waals surface area contributed by atoms with E-state index >= 15 is 0 Å². The van der Waals surface area contributed by atoms with Gasteiger partial charge in [0, 0.05) is 12.5 Å². The molecule has 0 saturated carbocycles. The molecule has 23 heavy (non-hydrogen) atoms. The number of carbonyl (C=O) groups is 4. The molecule has 1 N–H and O–H groups in total. The molecule has 0 aromatic heterocycles. The topological polar surface area (TPSA) is 117 Å². The molecule has 0 radical (unpaired) electrons. The van der Waals surface area contributed by atoms with E-state index in [1.807, 2.05) is 0 Å². The van der Waals surface area contributed by atoms with Crippen molar-refractivity contribution in [3.05, 3.63) is 0 Å². The van der Waals surface area contributed by atoms with E-state index in [-0.39, 0.29) is 6.61 Å². The first-order valence-corrected chi connectivity index (χ1v) is 6.94. The van der Waals surface area contributed by atoms with Crippen LogP contribution >= 0.6 is 0 Å². The molecule has 0 unspecified atom stereocenters. The Morgan fingerprint density at radius 3 is 1.78 bits per heavy atom. The number of esters is 3. The molecule has 0 aromatic rings. The highest BCUT2D eigenvalue weighted by Crippen LogP contribution is 2.20. The van der Waals surface area contributed by atoms with Crippen molar-refractivity contribution in [2.75, 3.05) is 34.5 Å². The summed E-state index contributed by atoms with van der Waals surface area (Å²) in [5, 5.41) is 2.39. The number of nitrogens with one attached hydrogen (secondary N) is 1. The molecule has 2 atom stereocenters. The molecule has 1 amide bonds. The fourth-order valence-corrected chi connectivity index (χ4v) is 1.91. The summed E-state index contributed by atoms with van der Waals surface area (Å²) in [5.74, 6) is -5.48. The van der Waals surface area contributed by atoms with Crippen LogP contribution < -0.4 is 5.32 Å². The Kier molecular flexibility index (Phi) is 9.56. The van der Waals surface area contributed by atoms with Crippen molar-refractivity contribution in [3.63, 3.8) is 0 Å². The summed E-state index contributed by atoms with van der Waals surface area (Å²) in [5.41, 5.74) is 0. The zero-order valence-corrected chi connectivity index (χ0v) is 13.9. The van der Waals surface area contributed by atoms with Crippen molar-refractivity contribution in [2.24, 2.45) is 11.8 Å². The monoisotopic (exact) mass is 333 g/mol. The van der Waals surface area contributed by atoms with Gasteiger partial charge in [0.05, 0.1) is 21.3 Å². The van der Waals surface area contributed by atoms with Crippen LogP contribution in [0.4, 0.5) is 0 Å². The molecular formula is C14H23NO8. The van der Waals surface area contributed by atoms with E-state index in [2.05, 4.69) is 19.5 Å². The standard InChI is InChI=1S/C14H23NO8/c1-6-23-7-9(16)15-11(14(19)22-5)8(2)10(12(17)20-3)13(18)21-4/h8,10-11H,6-7H2,1-5H3,(H,15,16)/t8-,11-/m0/s1. The summed E-state index contributed by atoms with van der Waals surface area (Å²) >= 11 is 0. The number of amides is 1. The average Bonchev–Trinajstić information content (AvgIpc) is 2.56. The van der Waals surface area contributed by atoms with Crippen LogP contribution in [0.5, 0.6) is 0 Å². The van der Waals surface area contributed by atoms with Crippen LogP contribution in [0.25, 0.3) is 0 Å². The Hall–Kier alpha value is -2.16. The van der Waals surface area contributed by atoms with E-state index in [1.54, 1.807) is 6.92 Å². The van der Waals surface area contributed by atoms with Crippen molar-refractivity contribution in [3.8, 4) is 0 Å². The second-order valence-electron chi connectivity index (χ2n) is 4.59. The fourth-order valence-electron chi connectivity index (χ4n) is 1.91. The lowest BCUT2D eigenvalue weighted by Gasteiger charge is -2.26. The van der Waals surface area contributed by atoms with E-state index in [4.69, 9.17) is 4.74 Å². The minimum atomic E-state index is -1.39. The largest absolute Gasteiger partial charge is 0.468 e. The van der Waals surface area contributed by atoms with Crippen LogP contribution in [0.15, 0.2) is 0 Å². The highest BCUT2D eigenvalue weighted by molar-refractivity contribution is 5.96. The first-order valence-electron chi connectivity index (χ1n) is 6.94. The van der Waals surface area contributed by atoms with Gasteiger partial charge in [-0.1, -0.05) is 6.92 Å². The van der Waals surface area contributed by atoms with Crippen LogP contribution in [0.3, 0.4) is 0 Å². The SMILES string of the molecule is CCOCC(=O)N[C@H](C(=O)OC)[C@@H](C)C(C(=O)OC)C(=O)OC. The third kappa shape index (κ3) is 6.23. The summed E-state index contributed by atoms with van der Waals surface area (Å²) in [6.45, 7) is 3.19. The quantitative estimate of drug-likeness (QED) is 0.334. The minimum absolute atomic E-state index is 0.266. The van der Waals surface area contributed by atoms with Crippen LogP contribution in [0, 0.1) is 11.8 Å². The molecule has 9 nitrogen and oxygen atoms in total. The van der Waals surface area contributed by atoms with E-state index in [9.17, 15) is 19.2 Å². The Balaban J connectivity index is 5.33. The van der Waals surface area contributed by atoms with Crippen molar-refractivity contribution in [1.29, 1.82) is 0 Å². The van der Waals surface area contributed by atoms with Gasteiger partial charge in [0.15, 0.2) is 5.92 Å². The van der Waals surface area contributed by atoms with E-state index in [0.29, 0.717) is 6.61 Å². The van der Waals surface area contributed by atoms with Crippen molar-refractivity contribution >= 4 is 23.8 Å². The van der Waals surface area contributed by atoms with Crippen molar-refractivity contribution in [2.45, 2.75) is 19.9 Å². The van der Waals surface area contributed by atoms with E-state index < -0.39 is 41.7 Å². The molecule has 0 aliphatic carbocycles. The van der Waals surface area contributed by atoms with Gasteiger partial charge in [0.2, 0.25) is 5.91 Å². The third-order valence-electron chi connectivity index (χ3n) is 3.17. The highest BCUT2D eigenvalue weighted by Gasteiger charge is 2.42. The Bertz CT molecular complexity index is 420. The maximum Gasteiger partial charge on any atom is 0.328 e. The second-order valence-corrected chi connectivity index (χ2v) is 4.59. The molecule has 0 saturated heterocycles. The maximum absolute atomic E-state index is 11.9. The van der Waals surface area contributed by atoms with E-state index in [1.165, 1.54) is 6.92 Å². The number of carbonyl (C=O) groups excluding carboxylic acids is 4. The van der Waals surface area contributed by atoms with Crippen LogP contribution in [-0.4, -0.2) is 64.4 Å². The van der Waals surface area contributed by atoms with Gasteiger partial charge in [0.25, 0.3) is 0 Å². The molecule has 0 fully saturated rings. The molecule has 0 aliphatic rings. The minimum Gasteiger partial charge on any atom is -0.468 e. The normalized spacial score (nSPS) is 13.0. The smallest absolute Gasteiger partial charge is 0.328 e. The first-order chi connectivity index (χ1) is 10.8. The highest BCUT2D eigenvalue weighted by atomic mass is 16.5. The number of hydrogen-bond donors (Lipinski definition) is 1. The predicted molar refractivity (Wildman–Crippen MR) is 77.1 cm³/mol. The summed E-state index contributed by atoms with van der Waals surface area (Å²) in [6, 6.07) is -1.24. The molecular weight excluding hydrogens is 310 g/mol. The summed E-state index contributed by atoms with van der Waals surface area (Å²) < 4.78 is 18.7. The molecule has 0 aliphatic heterocycles. The number of hydrogen-bond acceptors (Lipinski definition) is 8. The van der Waals surface area contributed by atoms with Gasteiger partial charge in [-0.2, -0.15) is 0 Å². The van der Waals surface area contributed by atoms with Gasteiger partial charge in [-0.25, -0.2) is 4.79 Å². The number of rotatable bonds is 9. The lowest BCUT2D eigenvalue weighted by atomic mass is 9.87. The van der Waals surface area contributed by atoms with Crippen LogP contribution in [0.2, 0.25) is 0 Å². The molecule has 0 spiro atoms. The zero-order valence-electron chi connectivity index (χ0n) is 13.9. The third-order valence-corrected chi connectivity index (χ3v) is 3.17. The summed E-state index contributed by atoms with van der Waals surface area (Å²) in [7, 11) is 3.33. The lowest BCUT2D eigenvalue weighted by Crippen LogP contribution is -2.51. The van der Waals surface area contributed by atoms with Gasteiger partial charge < -0.3 is 24.3 Å². The Morgan fingerprint density at radius 1 is 0.913 bits per heavy atom. The maximum atomic E-state index is 11.9. The Labute approximate surface area is 134 Å². The van der Waals surface area contributed by atoms with Gasteiger partial charge >= 0.3 is 17.9 Å². The average molecular weight is 333 g/mol. The van der Waals surface area contributed by atoms with Crippen molar-refractivity contribution < 1.29 is 38.1 Å². The number of methoxy groups -OCH3 is 3. The molecule has 132 valence electrons. The summed E-state index contributed by atoms with van der Waals surface area (Å²) in [6.07, 6.45) is 0. The van der Waals surface area contributed by atoms with Gasteiger partial charge in [0.1, 0.15) is 12.6 Å². The predicted octanol–water partition coefficient (Wildman–Crippen LogP) is -0.721. The first kappa shape index (κ1) is 20.8. The second kappa shape index (κ2) is 10.5. The molecule has 0 rings (SSSR count). The fraction of sp³-hybridized carbons (Fsp3) is 0.714.